The smallest absolute Gasteiger partial charge is 0.220 e. The Labute approximate surface area is 131 Å². The Hall–Kier alpha value is -1.88. The van der Waals surface area contributed by atoms with Crippen LogP contribution in [0.4, 0.5) is 0 Å². The molecule has 2 rings (SSSR count). The molecule has 0 aliphatic carbocycles. The fraction of sp³-hybridized carbons (Fsp3) is 0.529. The number of H-pyrrole nitrogens is 1. The van der Waals surface area contributed by atoms with E-state index < -0.39 is 0 Å². The van der Waals surface area contributed by atoms with E-state index in [1.54, 1.807) is 0 Å². The lowest BCUT2D eigenvalue weighted by Crippen LogP contribution is -2.34. The van der Waals surface area contributed by atoms with Crippen molar-refractivity contribution in [2.75, 3.05) is 13.2 Å². The van der Waals surface area contributed by atoms with Gasteiger partial charge in [0.1, 0.15) is 5.82 Å². The third kappa shape index (κ3) is 4.31. The van der Waals surface area contributed by atoms with Crippen molar-refractivity contribution in [3.05, 3.63) is 29.6 Å². The third-order valence-corrected chi connectivity index (χ3v) is 3.91. The molecule has 0 aliphatic rings. The van der Waals surface area contributed by atoms with Crippen molar-refractivity contribution < 1.29 is 9.90 Å². The number of hydrogen-bond acceptors (Lipinski definition) is 3. The molecule has 0 unspecified atom stereocenters. The van der Waals surface area contributed by atoms with E-state index in [1.807, 2.05) is 39.0 Å². The first-order chi connectivity index (χ1) is 10.4. The zero-order chi connectivity index (χ0) is 16.2. The van der Waals surface area contributed by atoms with E-state index in [9.17, 15) is 4.79 Å². The number of carbonyl (C=O) groups excluding carboxylic acids is 1. The normalized spacial score (nSPS) is 11.8. The first-order valence-corrected chi connectivity index (χ1v) is 7.73. The number of nitrogens with one attached hydrogen (secondary N) is 2. The SMILES string of the molecule is Cc1cccc2[nH]c(CCC(=O)NCC(C)(C)CCO)nc12. The van der Waals surface area contributed by atoms with Crippen molar-refractivity contribution in [2.24, 2.45) is 5.41 Å². The minimum absolute atomic E-state index is 0.0168. The number of nitrogens with zero attached hydrogens (tertiary/aromatic N) is 1. The molecule has 1 aromatic carbocycles. The maximum absolute atomic E-state index is 11.9. The average molecular weight is 303 g/mol. The summed E-state index contributed by atoms with van der Waals surface area (Å²) in [6, 6.07) is 6.02. The van der Waals surface area contributed by atoms with Crippen LogP contribution in [-0.4, -0.2) is 34.1 Å². The number of carbonyl (C=O) groups is 1. The van der Waals surface area contributed by atoms with Gasteiger partial charge in [-0.15, -0.1) is 0 Å². The number of para-hydroxylation sites is 1. The maximum Gasteiger partial charge on any atom is 0.220 e. The predicted octanol–water partition coefficient (Wildman–Crippen LogP) is 2.33. The van der Waals surface area contributed by atoms with Crippen LogP contribution < -0.4 is 5.32 Å². The van der Waals surface area contributed by atoms with E-state index >= 15 is 0 Å². The first kappa shape index (κ1) is 16.5. The Morgan fingerprint density at radius 1 is 1.41 bits per heavy atom. The summed E-state index contributed by atoms with van der Waals surface area (Å²) in [4.78, 5) is 19.7. The van der Waals surface area contributed by atoms with E-state index in [0.717, 1.165) is 22.4 Å². The summed E-state index contributed by atoms with van der Waals surface area (Å²) in [5.41, 5.74) is 3.04. The van der Waals surface area contributed by atoms with Crippen LogP contribution in [0.2, 0.25) is 0 Å². The van der Waals surface area contributed by atoms with Gasteiger partial charge in [0, 0.05) is 26.0 Å². The van der Waals surface area contributed by atoms with Crippen LogP contribution in [0.3, 0.4) is 0 Å². The largest absolute Gasteiger partial charge is 0.396 e. The van der Waals surface area contributed by atoms with Crippen LogP contribution in [0, 0.1) is 12.3 Å². The van der Waals surface area contributed by atoms with Crippen LogP contribution in [0.25, 0.3) is 11.0 Å². The molecule has 5 heteroatoms. The lowest BCUT2D eigenvalue weighted by Gasteiger charge is -2.23. The number of aliphatic hydroxyl groups is 1. The predicted molar refractivity (Wildman–Crippen MR) is 87.6 cm³/mol. The average Bonchev–Trinajstić information content (AvgIpc) is 2.87. The highest BCUT2D eigenvalue weighted by Gasteiger charge is 2.18. The van der Waals surface area contributed by atoms with Gasteiger partial charge in [-0.3, -0.25) is 4.79 Å². The van der Waals surface area contributed by atoms with Gasteiger partial charge in [0.2, 0.25) is 5.91 Å². The number of imidazole rings is 1. The molecule has 0 atom stereocenters. The molecule has 0 radical (unpaired) electrons. The van der Waals surface area contributed by atoms with Gasteiger partial charge in [-0.05, 0) is 30.4 Å². The lowest BCUT2D eigenvalue weighted by atomic mass is 9.90. The van der Waals surface area contributed by atoms with Gasteiger partial charge in [0.25, 0.3) is 0 Å². The molecular weight excluding hydrogens is 278 g/mol. The highest BCUT2D eigenvalue weighted by molar-refractivity contribution is 5.79. The molecule has 1 aromatic heterocycles. The van der Waals surface area contributed by atoms with Crippen LogP contribution in [0.5, 0.6) is 0 Å². The molecule has 0 saturated heterocycles. The minimum Gasteiger partial charge on any atom is -0.396 e. The Morgan fingerprint density at radius 2 is 2.18 bits per heavy atom. The van der Waals surface area contributed by atoms with Gasteiger partial charge >= 0.3 is 0 Å². The third-order valence-electron chi connectivity index (χ3n) is 3.91. The van der Waals surface area contributed by atoms with E-state index in [0.29, 0.717) is 25.8 Å². The summed E-state index contributed by atoms with van der Waals surface area (Å²) in [5, 5.41) is 11.9. The number of fused-ring (bicyclic) bond motifs is 1. The van der Waals surface area contributed by atoms with E-state index in [-0.39, 0.29) is 17.9 Å². The molecule has 0 saturated carbocycles. The van der Waals surface area contributed by atoms with Gasteiger partial charge in [0.15, 0.2) is 0 Å². The molecule has 0 spiro atoms. The molecule has 1 amide bonds. The quantitative estimate of drug-likeness (QED) is 0.734. The Bertz CT molecular complexity index is 646. The van der Waals surface area contributed by atoms with Gasteiger partial charge < -0.3 is 15.4 Å². The number of aromatic nitrogens is 2. The summed E-state index contributed by atoms with van der Waals surface area (Å²) in [6.45, 7) is 6.81. The second-order valence-corrected chi connectivity index (χ2v) is 6.57. The molecule has 0 fully saturated rings. The van der Waals surface area contributed by atoms with E-state index in [4.69, 9.17) is 5.11 Å². The first-order valence-electron chi connectivity index (χ1n) is 7.73. The Kier molecular flexibility index (Phi) is 5.19. The monoisotopic (exact) mass is 303 g/mol. The van der Waals surface area contributed by atoms with Crippen LogP contribution >= 0.6 is 0 Å². The van der Waals surface area contributed by atoms with Crippen molar-refractivity contribution in [3.63, 3.8) is 0 Å². The summed E-state index contributed by atoms with van der Waals surface area (Å²) >= 11 is 0. The van der Waals surface area contributed by atoms with Crippen molar-refractivity contribution >= 4 is 16.9 Å². The summed E-state index contributed by atoms with van der Waals surface area (Å²) in [7, 11) is 0. The number of amides is 1. The molecule has 2 aromatic rings. The second kappa shape index (κ2) is 6.92. The molecule has 1 heterocycles. The number of rotatable bonds is 7. The number of benzene rings is 1. The molecule has 22 heavy (non-hydrogen) atoms. The lowest BCUT2D eigenvalue weighted by molar-refractivity contribution is -0.121. The van der Waals surface area contributed by atoms with Gasteiger partial charge in [-0.1, -0.05) is 26.0 Å². The molecule has 0 bridgehead atoms. The summed E-state index contributed by atoms with van der Waals surface area (Å²) in [6.07, 6.45) is 1.69. The molecule has 5 nitrogen and oxygen atoms in total. The van der Waals surface area contributed by atoms with Gasteiger partial charge in [0.05, 0.1) is 11.0 Å². The number of hydrogen-bond donors (Lipinski definition) is 3. The zero-order valence-corrected chi connectivity index (χ0v) is 13.6. The number of aliphatic hydroxyl groups excluding tert-OH is 1. The number of aryl methyl sites for hydroxylation is 2. The maximum atomic E-state index is 11.9. The van der Waals surface area contributed by atoms with Crippen molar-refractivity contribution in [2.45, 2.75) is 40.0 Å². The van der Waals surface area contributed by atoms with Crippen molar-refractivity contribution in [3.8, 4) is 0 Å². The summed E-state index contributed by atoms with van der Waals surface area (Å²) < 4.78 is 0. The fourth-order valence-corrected chi connectivity index (χ4v) is 2.39. The van der Waals surface area contributed by atoms with Crippen molar-refractivity contribution in [1.29, 1.82) is 0 Å². The number of aromatic amines is 1. The molecular formula is C17H25N3O2. The minimum atomic E-state index is -0.0825. The molecule has 120 valence electrons. The zero-order valence-electron chi connectivity index (χ0n) is 13.6. The Morgan fingerprint density at radius 3 is 2.86 bits per heavy atom. The van der Waals surface area contributed by atoms with E-state index in [1.165, 1.54) is 0 Å². The molecule has 0 aliphatic heterocycles. The standard InChI is InChI=1S/C17H25N3O2/c1-12-5-4-6-13-16(12)20-14(19-13)7-8-15(22)18-11-17(2,3)9-10-21/h4-6,21H,7-11H2,1-3H3,(H,18,22)(H,19,20). The highest BCUT2D eigenvalue weighted by atomic mass is 16.3. The van der Waals surface area contributed by atoms with Crippen LogP contribution in [-0.2, 0) is 11.2 Å². The Balaban J connectivity index is 1.86. The van der Waals surface area contributed by atoms with E-state index in [2.05, 4.69) is 15.3 Å². The second-order valence-electron chi connectivity index (χ2n) is 6.57. The van der Waals surface area contributed by atoms with Gasteiger partial charge in [-0.2, -0.15) is 0 Å². The fourth-order valence-electron chi connectivity index (χ4n) is 2.39. The summed E-state index contributed by atoms with van der Waals surface area (Å²) in [5.74, 6) is 0.859. The van der Waals surface area contributed by atoms with Crippen LogP contribution in [0.15, 0.2) is 18.2 Å². The topological polar surface area (TPSA) is 78.0 Å². The van der Waals surface area contributed by atoms with Crippen LogP contribution in [0.1, 0.15) is 38.1 Å². The van der Waals surface area contributed by atoms with Crippen molar-refractivity contribution in [1.82, 2.24) is 15.3 Å². The van der Waals surface area contributed by atoms with Gasteiger partial charge in [-0.25, -0.2) is 4.98 Å². The molecule has 3 N–H and O–H groups in total. The highest BCUT2D eigenvalue weighted by Crippen LogP contribution is 2.18.